The number of sulfone groups is 1. The number of rotatable bonds is 6. The van der Waals surface area contributed by atoms with Gasteiger partial charge in [0.05, 0.1) is 10.6 Å². The summed E-state index contributed by atoms with van der Waals surface area (Å²) in [6.45, 7) is 2.00. The first-order chi connectivity index (χ1) is 12.8. The van der Waals surface area contributed by atoms with Gasteiger partial charge in [-0.1, -0.05) is 28.9 Å². The Morgan fingerprint density at radius 1 is 1.15 bits per heavy atom. The van der Waals surface area contributed by atoms with Crippen molar-refractivity contribution in [3.63, 3.8) is 0 Å². The van der Waals surface area contributed by atoms with E-state index in [1.807, 2.05) is 31.2 Å². The number of benzene rings is 2. The Kier molecular flexibility index (Phi) is 5.62. The third-order valence-corrected chi connectivity index (χ3v) is 5.69. The van der Waals surface area contributed by atoms with Crippen molar-refractivity contribution in [2.24, 2.45) is 0 Å². The summed E-state index contributed by atoms with van der Waals surface area (Å²) in [6.07, 6.45) is 1.12. The molecule has 0 spiro atoms. The third-order valence-electron chi connectivity index (χ3n) is 3.57. The van der Waals surface area contributed by atoms with E-state index < -0.39 is 9.84 Å². The summed E-state index contributed by atoms with van der Waals surface area (Å²) >= 11 is 1.40. The number of amides is 1. The molecule has 0 saturated carbocycles. The van der Waals surface area contributed by atoms with Crippen molar-refractivity contribution in [1.29, 1.82) is 0 Å². The molecule has 1 N–H and O–H groups in total. The van der Waals surface area contributed by atoms with Gasteiger partial charge < -0.3 is 4.42 Å². The number of hydrogen-bond donors (Lipinski definition) is 1. The van der Waals surface area contributed by atoms with Crippen molar-refractivity contribution in [2.75, 3.05) is 17.3 Å². The topological polar surface area (TPSA) is 102 Å². The second-order valence-electron chi connectivity index (χ2n) is 5.86. The second kappa shape index (κ2) is 7.93. The Morgan fingerprint density at radius 2 is 1.89 bits per heavy atom. The second-order valence-corrected chi connectivity index (χ2v) is 8.93. The maximum Gasteiger partial charge on any atom is 0.322 e. The van der Waals surface area contributed by atoms with Crippen molar-refractivity contribution >= 4 is 33.5 Å². The lowest BCUT2D eigenvalue weighted by molar-refractivity contribution is -0.113. The molecule has 0 fully saturated rings. The molecule has 1 heterocycles. The summed E-state index contributed by atoms with van der Waals surface area (Å²) in [7, 11) is -3.34. The zero-order valence-corrected chi connectivity index (χ0v) is 16.3. The number of nitrogens with zero attached hydrogens (tertiary/aromatic N) is 2. The Hall–Kier alpha value is -2.65. The van der Waals surface area contributed by atoms with Gasteiger partial charge in [-0.15, -0.1) is 16.9 Å². The molecule has 9 heteroatoms. The van der Waals surface area contributed by atoms with Crippen molar-refractivity contribution < 1.29 is 17.6 Å². The SMILES string of the molecule is Cc1ccc(SCC(=O)Nc2nnc(-c3cccc(S(C)(=O)=O)c3)o2)cc1. The third kappa shape index (κ3) is 5.18. The highest BCUT2D eigenvalue weighted by Gasteiger charge is 2.14. The molecule has 27 heavy (non-hydrogen) atoms. The fraction of sp³-hybridized carbons (Fsp3) is 0.167. The normalized spacial score (nSPS) is 11.3. The number of anilines is 1. The van der Waals surface area contributed by atoms with Crippen LogP contribution in [0.25, 0.3) is 11.5 Å². The molecule has 0 bridgehead atoms. The van der Waals surface area contributed by atoms with Crippen LogP contribution in [0.3, 0.4) is 0 Å². The standard InChI is InChI=1S/C18H17N3O4S2/c1-12-6-8-14(9-7-12)26-11-16(22)19-18-21-20-17(25-18)13-4-3-5-15(10-13)27(2,23)24/h3-10H,11H2,1-2H3,(H,19,21,22). The molecule has 3 rings (SSSR count). The molecule has 0 saturated heterocycles. The van der Waals surface area contributed by atoms with Gasteiger partial charge in [-0.3, -0.25) is 10.1 Å². The predicted octanol–water partition coefficient (Wildman–Crippen LogP) is 3.18. The predicted molar refractivity (Wildman–Crippen MR) is 103 cm³/mol. The number of hydrogen-bond acceptors (Lipinski definition) is 7. The van der Waals surface area contributed by atoms with Crippen LogP contribution < -0.4 is 5.32 Å². The maximum absolute atomic E-state index is 12.0. The van der Waals surface area contributed by atoms with Gasteiger partial charge in [0.25, 0.3) is 0 Å². The Morgan fingerprint density at radius 3 is 2.59 bits per heavy atom. The van der Waals surface area contributed by atoms with E-state index in [2.05, 4.69) is 15.5 Å². The first-order valence-electron chi connectivity index (χ1n) is 7.94. The van der Waals surface area contributed by atoms with Crippen LogP contribution in [0.1, 0.15) is 5.56 Å². The monoisotopic (exact) mass is 403 g/mol. The van der Waals surface area contributed by atoms with Crippen LogP contribution >= 0.6 is 11.8 Å². The van der Waals surface area contributed by atoms with E-state index in [0.717, 1.165) is 16.7 Å². The number of nitrogens with one attached hydrogen (secondary N) is 1. The van der Waals surface area contributed by atoms with Gasteiger partial charge in [0, 0.05) is 16.7 Å². The molecule has 1 aromatic heterocycles. The molecule has 0 aliphatic heterocycles. The molecule has 140 valence electrons. The minimum absolute atomic E-state index is 0.0377. The van der Waals surface area contributed by atoms with Gasteiger partial charge in [-0.05, 0) is 37.3 Å². The van der Waals surface area contributed by atoms with Crippen LogP contribution in [0.2, 0.25) is 0 Å². The van der Waals surface area contributed by atoms with Crippen LogP contribution in [-0.2, 0) is 14.6 Å². The van der Waals surface area contributed by atoms with Gasteiger partial charge >= 0.3 is 6.01 Å². The quantitative estimate of drug-likeness (QED) is 0.631. The summed E-state index contributed by atoms with van der Waals surface area (Å²) in [5.41, 5.74) is 1.61. The number of thioether (sulfide) groups is 1. The van der Waals surface area contributed by atoms with Crippen LogP contribution in [-0.4, -0.2) is 36.5 Å². The van der Waals surface area contributed by atoms with Gasteiger partial charge in [-0.2, -0.15) is 0 Å². The molecule has 0 radical (unpaired) electrons. The minimum atomic E-state index is -3.34. The van der Waals surface area contributed by atoms with Crippen LogP contribution in [0, 0.1) is 6.92 Å². The van der Waals surface area contributed by atoms with Gasteiger partial charge in [0.2, 0.25) is 11.8 Å². The van der Waals surface area contributed by atoms with E-state index in [1.54, 1.807) is 12.1 Å². The lowest BCUT2D eigenvalue weighted by Crippen LogP contribution is -2.14. The summed E-state index contributed by atoms with van der Waals surface area (Å²) in [6, 6.07) is 14.0. The molecule has 3 aromatic rings. The Bertz CT molecular complexity index is 1060. The molecule has 0 aliphatic rings. The van der Waals surface area contributed by atoms with E-state index >= 15 is 0 Å². The van der Waals surface area contributed by atoms with Crippen molar-refractivity contribution in [1.82, 2.24) is 10.2 Å². The fourth-order valence-electron chi connectivity index (χ4n) is 2.19. The summed E-state index contributed by atoms with van der Waals surface area (Å²) in [4.78, 5) is 13.2. The number of aromatic nitrogens is 2. The summed E-state index contributed by atoms with van der Waals surface area (Å²) < 4.78 is 28.7. The van der Waals surface area contributed by atoms with Crippen molar-refractivity contribution in [2.45, 2.75) is 16.7 Å². The maximum atomic E-state index is 12.0. The highest BCUT2D eigenvalue weighted by Crippen LogP contribution is 2.23. The van der Waals surface area contributed by atoms with Crippen LogP contribution in [0.5, 0.6) is 0 Å². The van der Waals surface area contributed by atoms with E-state index in [4.69, 9.17) is 4.42 Å². The van der Waals surface area contributed by atoms with Gasteiger partial charge in [0.15, 0.2) is 9.84 Å². The summed E-state index contributed by atoms with van der Waals surface area (Å²) in [5, 5.41) is 10.2. The first kappa shape index (κ1) is 19.1. The van der Waals surface area contributed by atoms with Gasteiger partial charge in [0.1, 0.15) is 0 Å². The van der Waals surface area contributed by atoms with E-state index in [9.17, 15) is 13.2 Å². The average Bonchev–Trinajstić information content (AvgIpc) is 3.09. The Labute approximate surface area is 161 Å². The largest absolute Gasteiger partial charge is 0.403 e. The Balaban J connectivity index is 1.64. The van der Waals surface area contributed by atoms with Crippen LogP contribution in [0.4, 0.5) is 6.01 Å². The fourth-order valence-corrected chi connectivity index (χ4v) is 3.55. The van der Waals surface area contributed by atoms with Crippen molar-refractivity contribution in [3.8, 4) is 11.5 Å². The smallest absolute Gasteiger partial charge is 0.322 e. The molecular formula is C18H17N3O4S2. The zero-order valence-electron chi connectivity index (χ0n) is 14.7. The number of carbonyl (C=O) groups is 1. The molecule has 0 aliphatic carbocycles. The molecule has 7 nitrogen and oxygen atoms in total. The first-order valence-corrected chi connectivity index (χ1v) is 10.8. The van der Waals surface area contributed by atoms with Crippen LogP contribution in [0.15, 0.2) is 62.7 Å². The minimum Gasteiger partial charge on any atom is -0.403 e. The van der Waals surface area contributed by atoms with Crippen molar-refractivity contribution in [3.05, 3.63) is 54.1 Å². The molecule has 0 unspecified atom stereocenters. The number of carbonyl (C=O) groups excluding carboxylic acids is 1. The highest BCUT2D eigenvalue weighted by molar-refractivity contribution is 8.00. The lowest BCUT2D eigenvalue weighted by Gasteiger charge is -2.02. The molecular weight excluding hydrogens is 386 g/mol. The summed E-state index contributed by atoms with van der Waals surface area (Å²) in [5.74, 6) is 0.0484. The molecule has 1 amide bonds. The lowest BCUT2D eigenvalue weighted by atomic mass is 10.2. The van der Waals surface area contributed by atoms with E-state index in [-0.39, 0.29) is 28.5 Å². The number of aryl methyl sites for hydroxylation is 1. The molecule has 2 aromatic carbocycles. The highest BCUT2D eigenvalue weighted by atomic mass is 32.2. The zero-order chi connectivity index (χ0) is 19.4. The molecule has 0 atom stereocenters. The van der Waals surface area contributed by atoms with E-state index in [1.165, 1.54) is 23.9 Å². The van der Waals surface area contributed by atoms with Gasteiger partial charge in [-0.25, -0.2) is 8.42 Å². The van der Waals surface area contributed by atoms with E-state index in [0.29, 0.717) is 5.56 Å². The average molecular weight is 403 g/mol.